The molecule has 6 atom stereocenters. The van der Waals surface area contributed by atoms with Crippen molar-refractivity contribution in [1.82, 2.24) is 0 Å². The number of nitrogens with zero attached hydrogens (tertiary/aromatic N) is 1. The molecule has 11 rings (SSSR count). The molecule has 1 heteroatoms. The molecule has 1 nitrogen and oxygen atoms in total. The molecule has 6 unspecified atom stereocenters. The summed E-state index contributed by atoms with van der Waals surface area (Å²) in [6.45, 7) is 4.92. The van der Waals surface area contributed by atoms with Crippen LogP contribution in [0.5, 0.6) is 0 Å². The van der Waals surface area contributed by atoms with Crippen LogP contribution in [0.4, 0.5) is 17.1 Å². The van der Waals surface area contributed by atoms with E-state index in [-0.39, 0.29) is 5.41 Å². The van der Waals surface area contributed by atoms with Crippen molar-refractivity contribution in [2.45, 2.75) is 133 Å². The van der Waals surface area contributed by atoms with E-state index >= 15 is 0 Å². The fraction of sp³-hybridized carbons (Fsp3) is 0.551. The zero-order valence-corrected chi connectivity index (χ0v) is 30.8. The predicted molar refractivity (Wildman–Crippen MR) is 210 cm³/mol. The Morgan fingerprint density at radius 3 is 2.00 bits per heavy atom. The van der Waals surface area contributed by atoms with E-state index < -0.39 is 0 Å². The van der Waals surface area contributed by atoms with Crippen LogP contribution in [0, 0.1) is 35.5 Å². The van der Waals surface area contributed by atoms with Crippen molar-refractivity contribution in [3.8, 4) is 0 Å². The van der Waals surface area contributed by atoms with Gasteiger partial charge in [0.1, 0.15) is 0 Å². The molecule has 260 valence electrons. The van der Waals surface area contributed by atoms with Gasteiger partial charge in [0.05, 0.1) is 0 Å². The van der Waals surface area contributed by atoms with Gasteiger partial charge in [0, 0.05) is 28.4 Å². The normalized spacial score (nSPS) is 37.0. The highest BCUT2D eigenvalue weighted by atomic mass is 15.1. The van der Waals surface area contributed by atoms with Gasteiger partial charge in [0.15, 0.2) is 0 Å². The molecular formula is C49H59N. The summed E-state index contributed by atoms with van der Waals surface area (Å²) in [5.74, 6) is 6.63. The van der Waals surface area contributed by atoms with Crippen LogP contribution >= 0.6 is 0 Å². The Hall–Kier alpha value is -3.06. The highest BCUT2D eigenvalue weighted by Crippen LogP contribution is 2.61. The van der Waals surface area contributed by atoms with Crippen molar-refractivity contribution in [3.63, 3.8) is 0 Å². The van der Waals surface area contributed by atoms with E-state index in [0.29, 0.717) is 17.3 Å². The SMILES string of the molecule is CCCCCCC1(C)c2cc(N(c3ccc(C4CC5CCC4C5)cc3)c3ccc(C45CC6CC(CC(C6)C4)C5)cc3)ccc2C2C=CC=CC21. The summed E-state index contributed by atoms with van der Waals surface area (Å²) in [6.07, 6.45) is 30.8. The molecule has 8 aliphatic carbocycles. The Balaban J connectivity index is 1.03. The average Bonchev–Trinajstić information content (AvgIpc) is 3.84. The van der Waals surface area contributed by atoms with Crippen LogP contribution in [-0.4, -0.2) is 0 Å². The molecule has 50 heavy (non-hydrogen) atoms. The minimum Gasteiger partial charge on any atom is -0.310 e. The fourth-order valence-electron chi connectivity index (χ4n) is 13.8. The zero-order chi connectivity index (χ0) is 33.5. The van der Waals surface area contributed by atoms with Crippen LogP contribution in [0.1, 0.15) is 144 Å². The van der Waals surface area contributed by atoms with Gasteiger partial charge in [0.25, 0.3) is 0 Å². The molecule has 6 saturated carbocycles. The lowest BCUT2D eigenvalue weighted by Gasteiger charge is -2.57. The second kappa shape index (κ2) is 12.3. The van der Waals surface area contributed by atoms with Crippen molar-refractivity contribution < 1.29 is 0 Å². The molecule has 6 bridgehead atoms. The van der Waals surface area contributed by atoms with Crippen molar-refractivity contribution in [2.24, 2.45) is 35.5 Å². The Kier molecular flexibility index (Phi) is 7.77. The van der Waals surface area contributed by atoms with Crippen molar-refractivity contribution >= 4 is 17.1 Å². The van der Waals surface area contributed by atoms with Gasteiger partial charge in [-0.2, -0.15) is 0 Å². The Morgan fingerprint density at radius 2 is 1.34 bits per heavy atom. The molecule has 0 saturated heterocycles. The molecule has 0 amide bonds. The molecule has 0 aromatic heterocycles. The fourth-order valence-corrected chi connectivity index (χ4v) is 13.8. The smallest absolute Gasteiger partial charge is 0.0464 e. The summed E-state index contributed by atoms with van der Waals surface area (Å²) in [6, 6.07) is 27.5. The highest BCUT2D eigenvalue weighted by molar-refractivity contribution is 5.78. The summed E-state index contributed by atoms with van der Waals surface area (Å²) in [5, 5.41) is 0. The maximum atomic E-state index is 2.62. The topological polar surface area (TPSA) is 3.24 Å². The maximum absolute atomic E-state index is 2.62. The van der Waals surface area contributed by atoms with Gasteiger partial charge in [-0.05, 0) is 170 Å². The molecule has 6 fully saturated rings. The van der Waals surface area contributed by atoms with Gasteiger partial charge >= 0.3 is 0 Å². The van der Waals surface area contributed by atoms with Gasteiger partial charge < -0.3 is 4.90 Å². The molecule has 3 aromatic carbocycles. The number of allylic oxidation sites excluding steroid dienone is 4. The first kappa shape index (κ1) is 31.7. The maximum Gasteiger partial charge on any atom is 0.0464 e. The summed E-state index contributed by atoms with van der Waals surface area (Å²) in [5.41, 5.74) is 10.9. The monoisotopic (exact) mass is 661 g/mol. The molecule has 0 N–H and O–H groups in total. The molecule has 0 aliphatic heterocycles. The number of benzene rings is 3. The van der Waals surface area contributed by atoms with E-state index in [9.17, 15) is 0 Å². The third kappa shape index (κ3) is 5.14. The third-order valence-electron chi connectivity index (χ3n) is 15.8. The summed E-state index contributed by atoms with van der Waals surface area (Å²) in [4.78, 5) is 2.60. The Labute approximate surface area is 302 Å². The molecule has 3 aromatic rings. The molecule has 0 radical (unpaired) electrons. The van der Waals surface area contributed by atoms with E-state index in [1.807, 2.05) is 0 Å². The van der Waals surface area contributed by atoms with Gasteiger partial charge in [-0.15, -0.1) is 0 Å². The number of hydrogen-bond acceptors (Lipinski definition) is 1. The number of hydrogen-bond donors (Lipinski definition) is 0. The molecule has 8 aliphatic rings. The van der Waals surface area contributed by atoms with E-state index in [1.54, 1.807) is 22.3 Å². The van der Waals surface area contributed by atoms with E-state index in [2.05, 4.69) is 110 Å². The first-order chi connectivity index (χ1) is 24.5. The minimum atomic E-state index is 0.157. The third-order valence-corrected chi connectivity index (χ3v) is 15.8. The summed E-state index contributed by atoms with van der Waals surface area (Å²) in [7, 11) is 0. The zero-order valence-electron chi connectivity index (χ0n) is 30.8. The van der Waals surface area contributed by atoms with Gasteiger partial charge in [-0.1, -0.05) is 101 Å². The minimum absolute atomic E-state index is 0.157. The van der Waals surface area contributed by atoms with Crippen LogP contribution in [0.25, 0.3) is 0 Å². The largest absolute Gasteiger partial charge is 0.310 e. The Morgan fingerprint density at radius 1 is 0.660 bits per heavy atom. The van der Waals surface area contributed by atoms with E-state index in [0.717, 1.165) is 35.5 Å². The van der Waals surface area contributed by atoms with Gasteiger partial charge in [-0.25, -0.2) is 0 Å². The predicted octanol–water partition coefficient (Wildman–Crippen LogP) is 13.6. The van der Waals surface area contributed by atoms with Crippen LogP contribution in [0.3, 0.4) is 0 Å². The number of anilines is 3. The van der Waals surface area contributed by atoms with E-state index in [4.69, 9.17) is 0 Å². The molecule has 0 spiro atoms. The number of rotatable bonds is 10. The summed E-state index contributed by atoms with van der Waals surface area (Å²) >= 11 is 0. The van der Waals surface area contributed by atoms with Crippen molar-refractivity contribution in [3.05, 3.63) is 113 Å². The molecule has 0 heterocycles. The van der Waals surface area contributed by atoms with Crippen LogP contribution in [-0.2, 0) is 10.8 Å². The lowest BCUT2D eigenvalue weighted by atomic mass is 9.48. The lowest BCUT2D eigenvalue weighted by molar-refractivity contribution is -0.00518. The second-order valence-electron chi connectivity index (χ2n) is 18.8. The standard InChI is InChI=1S/C49H59N/c1-3-4-5-8-23-48(2)46-10-7-6-9-43(46)44-22-21-42(29-47(44)48)50(40-17-13-37(14-18-40)45-28-33-11-12-38(45)27-33)41-19-15-39(16-20-41)49-30-34-24-35(31-49)26-36(25-34)32-49/h6-7,9-10,13-22,29,33-36,38,43,45-46H,3-5,8,11-12,23-28,30-32H2,1-2H3. The van der Waals surface area contributed by atoms with Gasteiger partial charge in [0.2, 0.25) is 0 Å². The van der Waals surface area contributed by atoms with Crippen LogP contribution in [0.2, 0.25) is 0 Å². The average molecular weight is 662 g/mol. The highest BCUT2D eigenvalue weighted by Gasteiger charge is 2.52. The quantitative estimate of drug-likeness (QED) is 0.195. The van der Waals surface area contributed by atoms with Crippen molar-refractivity contribution in [1.29, 1.82) is 0 Å². The molecular weight excluding hydrogens is 603 g/mol. The number of unbranched alkanes of at least 4 members (excludes halogenated alkanes) is 3. The lowest BCUT2D eigenvalue weighted by Crippen LogP contribution is -2.48. The van der Waals surface area contributed by atoms with Gasteiger partial charge in [-0.3, -0.25) is 0 Å². The second-order valence-corrected chi connectivity index (χ2v) is 18.8. The van der Waals surface area contributed by atoms with Crippen LogP contribution < -0.4 is 4.90 Å². The van der Waals surface area contributed by atoms with Crippen LogP contribution in [0.15, 0.2) is 91.0 Å². The Bertz CT molecular complexity index is 1740. The summed E-state index contributed by atoms with van der Waals surface area (Å²) < 4.78 is 0. The van der Waals surface area contributed by atoms with Crippen molar-refractivity contribution in [2.75, 3.05) is 4.90 Å². The first-order valence-electron chi connectivity index (χ1n) is 21.0. The first-order valence-corrected chi connectivity index (χ1v) is 21.0. The number of fused-ring (bicyclic) bond motifs is 5. The van der Waals surface area contributed by atoms with E-state index in [1.165, 1.54) is 113 Å².